The van der Waals surface area contributed by atoms with Gasteiger partial charge >= 0.3 is 0 Å². The van der Waals surface area contributed by atoms with Gasteiger partial charge in [0.15, 0.2) is 6.10 Å². The molecule has 7 nitrogen and oxygen atoms in total. The Morgan fingerprint density at radius 3 is 2.79 bits per heavy atom. The molecule has 1 aliphatic rings. The summed E-state index contributed by atoms with van der Waals surface area (Å²) < 4.78 is 22.1. The van der Waals surface area contributed by atoms with E-state index in [9.17, 15) is 0 Å². The van der Waals surface area contributed by atoms with E-state index < -0.39 is 0 Å². The molecule has 0 amide bonds. The van der Waals surface area contributed by atoms with Crippen LogP contribution in [0.5, 0.6) is 11.6 Å². The molecule has 0 N–H and O–H groups in total. The quantitative estimate of drug-likeness (QED) is 0.729. The summed E-state index contributed by atoms with van der Waals surface area (Å²) in [5.74, 6) is 1.89. The van der Waals surface area contributed by atoms with Crippen molar-refractivity contribution in [2.75, 3.05) is 19.8 Å². The van der Waals surface area contributed by atoms with E-state index in [1.165, 1.54) is 0 Å². The van der Waals surface area contributed by atoms with Crippen LogP contribution in [0.1, 0.15) is 12.0 Å². The average Bonchev–Trinajstić information content (AvgIpc) is 3.14. The summed E-state index contributed by atoms with van der Waals surface area (Å²) in [7, 11) is 0. The number of nitrogens with zero attached hydrogens (tertiary/aromatic N) is 3. The Morgan fingerprint density at radius 1 is 1.04 bits per heavy atom. The number of hydrogen-bond donors (Lipinski definition) is 0. The first-order chi connectivity index (χ1) is 11.9. The molecule has 0 unspecified atom stereocenters. The van der Waals surface area contributed by atoms with E-state index in [0.717, 1.165) is 0 Å². The minimum atomic E-state index is -0.338. The fraction of sp³-hybridized carbons (Fsp3) is 0.235. The van der Waals surface area contributed by atoms with Gasteiger partial charge in [0, 0.05) is 6.20 Å². The minimum Gasteiger partial charge on any atom is -0.438 e. The first-order valence-electron chi connectivity index (χ1n) is 7.61. The van der Waals surface area contributed by atoms with Gasteiger partial charge < -0.3 is 18.7 Å². The maximum atomic E-state index is 5.83. The van der Waals surface area contributed by atoms with Crippen LogP contribution in [0, 0.1) is 0 Å². The number of pyridine rings is 1. The Bertz CT molecular complexity index is 800. The van der Waals surface area contributed by atoms with Gasteiger partial charge in [-0.05, 0) is 24.3 Å². The second kappa shape index (κ2) is 6.77. The first-order valence-corrected chi connectivity index (χ1v) is 7.61. The summed E-state index contributed by atoms with van der Waals surface area (Å²) in [6.07, 6.45) is 1.32. The van der Waals surface area contributed by atoms with Gasteiger partial charge in [-0.2, -0.15) is 4.98 Å². The highest BCUT2D eigenvalue weighted by Gasteiger charge is 2.24. The van der Waals surface area contributed by atoms with Crippen molar-refractivity contribution in [3.63, 3.8) is 0 Å². The highest BCUT2D eigenvalue weighted by atomic mass is 16.6. The Morgan fingerprint density at radius 2 is 1.96 bits per heavy atom. The minimum absolute atomic E-state index is 0.338. The second-order valence-corrected chi connectivity index (χ2v) is 5.16. The van der Waals surface area contributed by atoms with Crippen LogP contribution in [-0.2, 0) is 9.47 Å². The van der Waals surface area contributed by atoms with Gasteiger partial charge in [-0.1, -0.05) is 23.4 Å². The van der Waals surface area contributed by atoms with Crippen LogP contribution in [0.2, 0.25) is 0 Å². The molecule has 0 bridgehead atoms. The van der Waals surface area contributed by atoms with Crippen molar-refractivity contribution in [3.05, 3.63) is 54.6 Å². The Balaban J connectivity index is 1.61. The predicted octanol–water partition coefficient (Wildman–Crippen LogP) is 3.01. The van der Waals surface area contributed by atoms with Crippen molar-refractivity contribution >= 4 is 0 Å². The molecule has 1 aliphatic heterocycles. The molecule has 2 aromatic heterocycles. The largest absolute Gasteiger partial charge is 0.438 e. The second-order valence-electron chi connectivity index (χ2n) is 5.16. The molecule has 7 heteroatoms. The molecule has 1 aromatic carbocycles. The van der Waals surface area contributed by atoms with Crippen molar-refractivity contribution < 1.29 is 18.7 Å². The van der Waals surface area contributed by atoms with Crippen LogP contribution in [0.3, 0.4) is 0 Å². The van der Waals surface area contributed by atoms with Crippen LogP contribution < -0.4 is 4.74 Å². The third-order valence-electron chi connectivity index (χ3n) is 3.50. The predicted molar refractivity (Wildman–Crippen MR) is 83.6 cm³/mol. The summed E-state index contributed by atoms with van der Waals surface area (Å²) in [4.78, 5) is 8.68. The lowest BCUT2D eigenvalue weighted by atomic mass is 10.2. The van der Waals surface area contributed by atoms with Gasteiger partial charge in [0.25, 0.3) is 5.89 Å². The number of hydrogen-bond acceptors (Lipinski definition) is 7. The molecule has 1 saturated heterocycles. The first kappa shape index (κ1) is 14.8. The zero-order chi connectivity index (χ0) is 16.2. The van der Waals surface area contributed by atoms with Crippen LogP contribution in [-0.4, -0.2) is 34.9 Å². The van der Waals surface area contributed by atoms with Crippen LogP contribution in [0.25, 0.3) is 11.4 Å². The van der Waals surface area contributed by atoms with Gasteiger partial charge in [0.1, 0.15) is 5.75 Å². The molecule has 0 saturated carbocycles. The Labute approximate surface area is 138 Å². The third kappa shape index (κ3) is 3.12. The third-order valence-corrected chi connectivity index (χ3v) is 3.50. The van der Waals surface area contributed by atoms with E-state index in [0.29, 0.717) is 48.7 Å². The molecule has 1 atom stereocenters. The monoisotopic (exact) mass is 325 g/mol. The number of aromatic nitrogens is 3. The maximum absolute atomic E-state index is 5.83. The van der Waals surface area contributed by atoms with Gasteiger partial charge in [-0.15, -0.1) is 0 Å². The van der Waals surface area contributed by atoms with Gasteiger partial charge in [0.05, 0.1) is 25.4 Å². The van der Waals surface area contributed by atoms with Gasteiger partial charge in [0.2, 0.25) is 11.7 Å². The number of ether oxygens (including phenoxy) is 3. The summed E-state index contributed by atoms with van der Waals surface area (Å²) >= 11 is 0. The summed E-state index contributed by atoms with van der Waals surface area (Å²) in [6.45, 7) is 1.49. The van der Waals surface area contributed by atoms with E-state index in [4.69, 9.17) is 18.7 Å². The molecule has 0 spiro atoms. The topological polar surface area (TPSA) is 79.5 Å². The lowest BCUT2D eigenvalue weighted by Crippen LogP contribution is -2.22. The standard InChI is InChI=1S/C17H15N3O4/c1-2-5-12(6-3-1)23-16-13(7-4-8-18-16)15-19-17(24-20-15)14-11-21-9-10-22-14/h1-8,14H,9-11H2/t14-/m1/s1. The molecule has 1 fully saturated rings. The van der Waals surface area contributed by atoms with E-state index in [-0.39, 0.29) is 6.10 Å². The average molecular weight is 325 g/mol. The van der Waals surface area contributed by atoms with Crippen LogP contribution >= 0.6 is 0 Å². The van der Waals surface area contributed by atoms with E-state index in [1.54, 1.807) is 12.3 Å². The lowest BCUT2D eigenvalue weighted by molar-refractivity contribution is -0.101. The molecule has 0 radical (unpaired) electrons. The highest BCUT2D eigenvalue weighted by Crippen LogP contribution is 2.30. The number of rotatable bonds is 4. The molecule has 4 rings (SSSR count). The molecule has 24 heavy (non-hydrogen) atoms. The van der Waals surface area contributed by atoms with E-state index in [1.807, 2.05) is 36.4 Å². The summed E-state index contributed by atoms with van der Waals surface area (Å²) in [6, 6.07) is 13.0. The molecule has 0 aliphatic carbocycles. The van der Waals surface area contributed by atoms with Crippen molar-refractivity contribution in [2.45, 2.75) is 6.10 Å². The van der Waals surface area contributed by atoms with Crippen molar-refractivity contribution in [2.24, 2.45) is 0 Å². The molecule has 3 heterocycles. The maximum Gasteiger partial charge on any atom is 0.258 e. The molecule has 122 valence electrons. The molecule has 3 aromatic rings. The number of benzene rings is 1. The van der Waals surface area contributed by atoms with Crippen LogP contribution in [0.15, 0.2) is 53.2 Å². The van der Waals surface area contributed by atoms with Gasteiger partial charge in [-0.25, -0.2) is 4.98 Å². The highest BCUT2D eigenvalue weighted by molar-refractivity contribution is 5.61. The SMILES string of the molecule is c1ccc(Oc2ncccc2-c2noc([C@H]3COCCO3)n2)cc1. The van der Waals surface area contributed by atoms with Crippen molar-refractivity contribution in [1.29, 1.82) is 0 Å². The van der Waals surface area contributed by atoms with Crippen molar-refractivity contribution in [1.82, 2.24) is 15.1 Å². The number of para-hydroxylation sites is 1. The lowest BCUT2D eigenvalue weighted by Gasteiger charge is -2.19. The molecular weight excluding hydrogens is 310 g/mol. The Hall–Kier alpha value is -2.77. The summed E-state index contributed by atoms with van der Waals surface area (Å²) in [5, 5.41) is 4.02. The van der Waals surface area contributed by atoms with E-state index in [2.05, 4.69) is 15.1 Å². The molecular formula is C17H15N3O4. The zero-order valence-electron chi connectivity index (χ0n) is 12.8. The fourth-order valence-electron chi connectivity index (χ4n) is 2.35. The normalized spacial score (nSPS) is 17.6. The summed E-state index contributed by atoms with van der Waals surface area (Å²) in [5.41, 5.74) is 0.646. The fourth-order valence-corrected chi connectivity index (χ4v) is 2.35. The van der Waals surface area contributed by atoms with Crippen LogP contribution in [0.4, 0.5) is 0 Å². The van der Waals surface area contributed by atoms with E-state index >= 15 is 0 Å². The Kier molecular flexibility index (Phi) is 4.18. The zero-order valence-corrected chi connectivity index (χ0v) is 12.8. The van der Waals surface area contributed by atoms with Gasteiger partial charge in [-0.3, -0.25) is 0 Å². The van der Waals surface area contributed by atoms with Crippen molar-refractivity contribution in [3.8, 4) is 23.0 Å². The smallest absolute Gasteiger partial charge is 0.258 e.